The van der Waals surface area contributed by atoms with E-state index in [9.17, 15) is 4.21 Å². The maximum Gasteiger partial charge on any atom is 0.0420 e. The number of hydrogen-bond donors (Lipinski definition) is 0. The molecule has 6 aromatic rings. The third kappa shape index (κ3) is 4.23. The van der Waals surface area contributed by atoms with E-state index in [4.69, 9.17) is 0 Å². The molecule has 3 nitrogen and oxygen atoms in total. The molecule has 0 aliphatic carbocycles. The van der Waals surface area contributed by atoms with E-state index >= 15 is 0 Å². The van der Waals surface area contributed by atoms with Gasteiger partial charge in [-0.25, -0.2) is 0 Å². The number of rotatable bonds is 1. The molecule has 0 N–H and O–H groups in total. The molecule has 1 atom stereocenters. The van der Waals surface area contributed by atoms with E-state index in [0.717, 1.165) is 48.5 Å². The number of fused-ring (bicyclic) bond motifs is 4. The molecule has 35 heavy (non-hydrogen) atoms. The summed E-state index contributed by atoms with van der Waals surface area (Å²) in [5.74, 6) is 0. The van der Waals surface area contributed by atoms with E-state index in [0.29, 0.717) is 0 Å². The molecule has 171 valence electrons. The molecule has 0 spiro atoms. The molecule has 1 unspecified atom stereocenters. The van der Waals surface area contributed by atoms with Crippen LogP contribution in [0.5, 0.6) is 0 Å². The molecule has 1 aliphatic rings. The van der Waals surface area contributed by atoms with E-state index in [1.165, 1.54) is 5.39 Å². The van der Waals surface area contributed by atoms with Crippen LogP contribution < -0.4 is 0 Å². The second kappa shape index (κ2) is 10.0. The van der Waals surface area contributed by atoms with Gasteiger partial charge in [-0.1, -0.05) is 36.4 Å². The fraction of sp³-hybridized carbons (Fsp3) is 0. The average molecular weight is 647 g/mol. The third-order valence-corrected chi connectivity index (χ3v) is 7.30. The van der Waals surface area contributed by atoms with Crippen molar-refractivity contribution in [2.75, 3.05) is 0 Å². The Hall–Kier alpha value is -3.50. The van der Waals surface area contributed by atoms with Crippen LogP contribution in [0.15, 0.2) is 119 Å². The van der Waals surface area contributed by atoms with Gasteiger partial charge in [0, 0.05) is 48.2 Å². The van der Waals surface area contributed by atoms with Crippen LogP contribution in [0.3, 0.4) is 0 Å². The van der Waals surface area contributed by atoms with E-state index < -0.39 is 10.8 Å². The largest absolute Gasteiger partial charge is 0.305 e. The maximum absolute atomic E-state index is 13.0. The fourth-order valence-electron chi connectivity index (χ4n) is 4.31. The van der Waals surface area contributed by atoms with Crippen LogP contribution in [0.25, 0.3) is 44.1 Å². The Morgan fingerprint density at radius 1 is 0.686 bits per heavy atom. The van der Waals surface area contributed by atoms with Gasteiger partial charge in [-0.05, 0) is 56.0 Å². The van der Waals surface area contributed by atoms with E-state index in [1.807, 2.05) is 91.1 Å². The van der Waals surface area contributed by atoms with Gasteiger partial charge in [0.1, 0.15) is 0 Å². The van der Waals surface area contributed by atoms with Crippen LogP contribution in [0, 0.1) is 12.1 Å². The summed E-state index contributed by atoms with van der Waals surface area (Å²) >= 11 is 0. The molecule has 2 aromatic heterocycles. The maximum atomic E-state index is 13.0. The quantitative estimate of drug-likeness (QED) is 0.144. The zero-order valence-corrected chi connectivity index (χ0v) is 21.6. The summed E-state index contributed by atoms with van der Waals surface area (Å²) in [7, 11) is -1.19. The first kappa shape index (κ1) is 23.3. The van der Waals surface area contributed by atoms with Crippen LogP contribution >= 0.6 is 0 Å². The summed E-state index contributed by atoms with van der Waals surface area (Å²) in [4.78, 5) is 10.4. The van der Waals surface area contributed by atoms with Gasteiger partial charge in [-0.3, -0.25) is 4.21 Å². The summed E-state index contributed by atoms with van der Waals surface area (Å²) in [5, 5.41) is 4.38. The van der Waals surface area contributed by atoms with Crippen molar-refractivity contribution in [1.29, 1.82) is 0 Å². The van der Waals surface area contributed by atoms with Crippen LogP contribution in [0.1, 0.15) is 0 Å². The minimum atomic E-state index is -1.19. The number of benzene rings is 4. The van der Waals surface area contributed by atoms with E-state index in [2.05, 4.69) is 34.2 Å². The van der Waals surface area contributed by atoms with Gasteiger partial charge in [0.25, 0.3) is 0 Å². The predicted molar refractivity (Wildman–Crippen MR) is 137 cm³/mol. The number of nitrogens with zero attached hydrogens (tertiary/aromatic N) is 2. The predicted octanol–water partition coefficient (Wildman–Crippen LogP) is 6.88. The van der Waals surface area contributed by atoms with Crippen molar-refractivity contribution in [3.8, 4) is 22.5 Å². The minimum absolute atomic E-state index is 0. The molecule has 0 fully saturated rings. The van der Waals surface area contributed by atoms with Crippen molar-refractivity contribution in [1.82, 2.24) is 9.97 Å². The normalized spacial score (nSPS) is 13.3. The van der Waals surface area contributed by atoms with Crippen molar-refractivity contribution in [3.63, 3.8) is 0 Å². The smallest absolute Gasteiger partial charge is 0.0420 e. The first-order chi connectivity index (χ1) is 16.8. The molecule has 0 saturated heterocycles. The molecule has 5 heteroatoms. The Morgan fingerprint density at radius 2 is 1.51 bits per heavy atom. The van der Waals surface area contributed by atoms with Crippen molar-refractivity contribution in [2.45, 2.75) is 9.79 Å². The molecule has 0 bridgehead atoms. The van der Waals surface area contributed by atoms with Crippen molar-refractivity contribution in [3.05, 3.63) is 122 Å². The van der Waals surface area contributed by atoms with Crippen LogP contribution in [-0.4, -0.2) is 14.2 Å². The van der Waals surface area contributed by atoms with Gasteiger partial charge in [0.15, 0.2) is 0 Å². The fourth-order valence-corrected chi connectivity index (χ4v) is 5.71. The van der Waals surface area contributed by atoms with Gasteiger partial charge in [0.05, 0.1) is 0 Å². The van der Waals surface area contributed by atoms with E-state index in [-0.39, 0.29) is 20.1 Å². The Labute approximate surface area is 219 Å². The zero-order chi connectivity index (χ0) is 22.9. The molecule has 0 amide bonds. The Kier molecular flexibility index (Phi) is 6.65. The number of hydrogen-bond acceptors (Lipinski definition) is 3. The van der Waals surface area contributed by atoms with Crippen LogP contribution in [0.4, 0.5) is 0 Å². The summed E-state index contributed by atoms with van der Waals surface area (Å²) in [5.41, 5.74) is 3.75. The summed E-state index contributed by atoms with van der Waals surface area (Å²) in [6.45, 7) is 0. The molecular weight excluding hydrogens is 629 g/mol. The summed E-state index contributed by atoms with van der Waals surface area (Å²) in [6, 6.07) is 37.9. The minimum Gasteiger partial charge on any atom is -0.305 e. The Morgan fingerprint density at radius 3 is 2.34 bits per heavy atom. The molecule has 3 heterocycles. The Bertz CT molecular complexity index is 1630. The first-order valence-corrected chi connectivity index (χ1v) is 12.1. The monoisotopic (exact) mass is 647 g/mol. The zero-order valence-electron chi connectivity index (χ0n) is 18.4. The average Bonchev–Trinajstić information content (AvgIpc) is 2.93. The number of aromatic nitrogens is 2. The van der Waals surface area contributed by atoms with Crippen LogP contribution in [-0.2, 0) is 30.9 Å². The second-order valence-corrected chi connectivity index (χ2v) is 9.26. The summed E-state index contributed by atoms with van der Waals surface area (Å²) in [6.07, 6.45) is 3.61. The first-order valence-electron chi connectivity index (χ1n) is 10.9. The van der Waals surface area contributed by atoms with Gasteiger partial charge in [-0.15, -0.1) is 65.7 Å². The van der Waals surface area contributed by atoms with Crippen LogP contribution in [0.2, 0.25) is 0 Å². The molecular formula is C30H18IrN2OS-2. The SMILES string of the molecule is O=S1c2ccc[c-]c2-c2nccc3c2c1cc1ccccc13.[Ir].[c-]1ccccc1-c1ccccn1. The molecule has 7 rings (SSSR count). The molecule has 0 saturated carbocycles. The molecule has 1 aliphatic heterocycles. The van der Waals surface area contributed by atoms with Crippen molar-refractivity contribution >= 4 is 32.3 Å². The topological polar surface area (TPSA) is 42.9 Å². The summed E-state index contributed by atoms with van der Waals surface area (Å²) < 4.78 is 13.0. The molecule has 4 aromatic carbocycles. The van der Waals surface area contributed by atoms with Crippen molar-refractivity contribution < 1.29 is 24.3 Å². The van der Waals surface area contributed by atoms with Crippen molar-refractivity contribution in [2.24, 2.45) is 0 Å². The van der Waals surface area contributed by atoms with Gasteiger partial charge in [0.2, 0.25) is 0 Å². The second-order valence-electron chi connectivity index (χ2n) is 7.85. The van der Waals surface area contributed by atoms with E-state index in [1.54, 1.807) is 6.20 Å². The van der Waals surface area contributed by atoms with Gasteiger partial charge >= 0.3 is 0 Å². The van der Waals surface area contributed by atoms with Gasteiger partial charge in [-0.2, -0.15) is 0 Å². The third-order valence-electron chi connectivity index (χ3n) is 5.84. The number of pyridine rings is 2. The standard InChI is InChI=1S/C19H10NOS.C11H8N.Ir/c21-22-16-8-4-3-7-15(16)19-18-14(9-10-20-19)13-6-2-1-5-12(13)11-17(18)22;1-2-6-10(7-3-1)11-8-4-5-9-12-11;/h1-6,8-11H;1-6,8-9H;/q2*-1;. The molecule has 1 radical (unpaired) electrons. The Balaban J connectivity index is 0.000000167. The van der Waals surface area contributed by atoms with Gasteiger partial charge < -0.3 is 9.97 Å².